The van der Waals surface area contributed by atoms with Gasteiger partial charge in [0.25, 0.3) is 0 Å². The summed E-state index contributed by atoms with van der Waals surface area (Å²) in [6.07, 6.45) is 0. The molecular formula is C21H24BrN3O2. The van der Waals surface area contributed by atoms with Gasteiger partial charge in [0.05, 0.1) is 5.69 Å². The molecular weight excluding hydrogens is 406 g/mol. The normalized spacial score (nSPS) is 14.2. The number of benzene rings is 2. The van der Waals surface area contributed by atoms with E-state index in [1.165, 1.54) is 16.8 Å². The minimum Gasteiger partial charge on any atom is -0.368 e. The molecule has 27 heavy (non-hydrogen) atoms. The molecule has 3 rings (SSSR count). The van der Waals surface area contributed by atoms with Crippen LogP contribution in [0.5, 0.6) is 0 Å². The maximum Gasteiger partial charge on any atom is 0.313 e. The number of piperazine rings is 1. The molecule has 6 heteroatoms. The lowest BCUT2D eigenvalue weighted by atomic mass is 10.1. The Balaban J connectivity index is 1.61. The van der Waals surface area contributed by atoms with E-state index in [2.05, 4.69) is 58.2 Å². The quantitative estimate of drug-likeness (QED) is 0.740. The van der Waals surface area contributed by atoms with Crippen LogP contribution in [0.2, 0.25) is 0 Å². The highest BCUT2D eigenvalue weighted by atomic mass is 79.9. The molecule has 2 aromatic carbocycles. The predicted molar refractivity (Wildman–Crippen MR) is 112 cm³/mol. The first kappa shape index (κ1) is 19.4. The van der Waals surface area contributed by atoms with Crippen LogP contribution in [0.4, 0.5) is 11.4 Å². The van der Waals surface area contributed by atoms with E-state index in [-0.39, 0.29) is 0 Å². The molecule has 1 aliphatic rings. The molecule has 0 atom stereocenters. The summed E-state index contributed by atoms with van der Waals surface area (Å²) in [7, 11) is 0. The molecule has 0 aromatic heterocycles. The molecule has 0 aliphatic carbocycles. The Hall–Kier alpha value is -2.34. The van der Waals surface area contributed by atoms with Crippen molar-refractivity contribution in [1.29, 1.82) is 0 Å². The molecule has 0 spiro atoms. The molecule has 1 heterocycles. The van der Waals surface area contributed by atoms with Crippen molar-refractivity contribution in [3.63, 3.8) is 0 Å². The zero-order chi connectivity index (χ0) is 19.6. The second kappa shape index (κ2) is 8.13. The van der Waals surface area contributed by atoms with Gasteiger partial charge in [-0.2, -0.15) is 0 Å². The third-order valence-electron chi connectivity index (χ3n) is 5.05. The van der Waals surface area contributed by atoms with Crippen LogP contribution in [0.15, 0.2) is 40.9 Å². The Bertz CT molecular complexity index is 874. The fraction of sp³-hybridized carbons (Fsp3) is 0.333. The number of carbonyl (C=O) groups excluding carboxylic acids is 2. The van der Waals surface area contributed by atoms with Crippen molar-refractivity contribution in [1.82, 2.24) is 4.90 Å². The summed E-state index contributed by atoms with van der Waals surface area (Å²) < 4.78 is 0.767. The summed E-state index contributed by atoms with van der Waals surface area (Å²) in [6, 6.07) is 11.9. The van der Waals surface area contributed by atoms with Crippen LogP contribution < -0.4 is 10.2 Å². The van der Waals surface area contributed by atoms with Crippen LogP contribution in [-0.4, -0.2) is 42.9 Å². The highest BCUT2D eigenvalue weighted by Gasteiger charge is 2.27. The number of anilines is 2. The second-order valence-electron chi connectivity index (χ2n) is 6.94. The zero-order valence-electron chi connectivity index (χ0n) is 15.9. The van der Waals surface area contributed by atoms with Gasteiger partial charge in [0.15, 0.2) is 0 Å². The molecule has 1 aliphatic heterocycles. The molecule has 1 fully saturated rings. The predicted octanol–water partition coefficient (Wildman–Crippen LogP) is 3.66. The third kappa shape index (κ3) is 4.33. The first-order valence-corrected chi connectivity index (χ1v) is 9.83. The van der Waals surface area contributed by atoms with E-state index < -0.39 is 11.8 Å². The van der Waals surface area contributed by atoms with Gasteiger partial charge in [0, 0.05) is 36.3 Å². The van der Waals surface area contributed by atoms with E-state index in [1.54, 1.807) is 11.0 Å². The number of aryl methyl sites for hydroxylation is 2. The van der Waals surface area contributed by atoms with E-state index in [0.717, 1.165) is 23.1 Å². The van der Waals surface area contributed by atoms with Crippen LogP contribution in [0.3, 0.4) is 0 Å². The minimum absolute atomic E-state index is 0.483. The van der Waals surface area contributed by atoms with Crippen molar-refractivity contribution in [2.24, 2.45) is 0 Å². The molecule has 0 saturated carbocycles. The highest BCUT2D eigenvalue weighted by molar-refractivity contribution is 9.10. The summed E-state index contributed by atoms with van der Waals surface area (Å²) in [4.78, 5) is 28.8. The van der Waals surface area contributed by atoms with Crippen LogP contribution in [0.1, 0.15) is 16.7 Å². The number of halogens is 1. The number of hydrogen-bond donors (Lipinski definition) is 1. The van der Waals surface area contributed by atoms with Gasteiger partial charge >= 0.3 is 11.8 Å². The average molecular weight is 430 g/mol. The number of nitrogens with one attached hydrogen (secondary N) is 1. The van der Waals surface area contributed by atoms with Gasteiger partial charge in [0.1, 0.15) is 0 Å². The molecule has 142 valence electrons. The van der Waals surface area contributed by atoms with Crippen molar-refractivity contribution < 1.29 is 9.59 Å². The lowest BCUT2D eigenvalue weighted by Crippen LogP contribution is -2.51. The van der Waals surface area contributed by atoms with Crippen molar-refractivity contribution in [3.8, 4) is 0 Å². The molecule has 2 amide bonds. The van der Waals surface area contributed by atoms with Crippen LogP contribution in [-0.2, 0) is 9.59 Å². The maximum atomic E-state index is 12.5. The van der Waals surface area contributed by atoms with Crippen LogP contribution in [0.25, 0.3) is 0 Å². The van der Waals surface area contributed by atoms with Crippen LogP contribution >= 0.6 is 15.9 Å². The Morgan fingerprint density at radius 2 is 1.70 bits per heavy atom. The lowest BCUT2D eigenvalue weighted by molar-refractivity contribution is -0.143. The summed E-state index contributed by atoms with van der Waals surface area (Å²) in [5.41, 5.74) is 5.41. The molecule has 2 aromatic rings. The molecule has 1 saturated heterocycles. The summed E-state index contributed by atoms with van der Waals surface area (Å²) in [5.74, 6) is -1.08. The van der Waals surface area contributed by atoms with Crippen molar-refractivity contribution in [3.05, 3.63) is 57.6 Å². The van der Waals surface area contributed by atoms with E-state index in [0.29, 0.717) is 18.8 Å². The first-order chi connectivity index (χ1) is 12.9. The van der Waals surface area contributed by atoms with Gasteiger partial charge in [-0.25, -0.2) is 0 Å². The number of rotatable bonds is 2. The van der Waals surface area contributed by atoms with Gasteiger partial charge in [0.2, 0.25) is 0 Å². The van der Waals surface area contributed by atoms with Crippen molar-refractivity contribution in [2.45, 2.75) is 20.8 Å². The van der Waals surface area contributed by atoms with Gasteiger partial charge in [-0.15, -0.1) is 0 Å². The smallest absolute Gasteiger partial charge is 0.313 e. The van der Waals surface area contributed by atoms with Gasteiger partial charge in [-0.3, -0.25) is 9.59 Å². The second-order valence-corrected chi connectivity index (χ2v) is 7.79. The topological polar surface area (TPSA) is 52.7 Å². The Morgan fingerprint density at radius 1 is 1.00 bits per heavy atom. The van der Waals surface area contributed by atoms with E-state index in [1.807, 2.05) is 19.1 Å². The highest BCUT2D eigenvalue weighted by Crippen LogP contribution is 2.25. The standard InChI is InChI=1S/C21H24BrN3O2/c1-14-7-8-18(17(22)13-14)23-20(26)21(27)25-11-9-24(10-12-25)19-6-4-5-15(2)16(19)3/h4-8,13H,9-12H2,1-3H3,(H,23,26). The number of hydrogen-bond acceptors (Lipinski definition) is 3. The number of nitrogens with zero attached hydrogens (tertiary/aromatic N) is 2. The number of carbonyl (C=O) groups is 2. The molecule has 0 unspecified atom stereocenters. The Labute approximate surface area is 168 Å². The van der Waals surface area contributed by atoms with Gasteiger partial charge < -0.3 is 15.1 Å². The largest absolute Gasteiger partial charge is 0.368 e. The molecule has 0 radical (unpaired) electrons. The third-order valence-corrected chi connectivity index (χ3v) is 5.71. The van der Waals surface area contributed by atoms with Crippen molar-refractivity contribution in [2.75, 3.05) is 36.4 Å². The van der Waals surface area contributed by atoms with Crippen molar-refractivity contribution >= 4 is 39.1 Å². The molecule has 5 nitrogen and oxygen atoms in total. The zero-order valence-corrected chi connectivity index (χ0v) is 17.5. The Morgan fingerprint density at radius 3 is 2.37 bits per heavy atom. The average Bonchev–Trinajstić information content (AvgIpc) is 2.66. The SMILES string of the molecule is Cc1ccc(NC(=O)C(=O)N2CCN(c3cccc(C)c3C)CC2)c(Br)c1. The summed E-state index contributed by atoms with van der Waals surface area (Å²) in [6.45, 7) is 8.71. The summed E-state index contributed by atoms with van der Waals surface area (Å²) >= 11 is 3.42. The van der Waals surface area contributed by atoms with E-state index in [4.69, 9.17) is 0 Å². The minimum atomic E-state index is -0.597. The summed E-state index contributed by atoms with van der Waals surface area (Å²) in [5, 5.41) is 2.70. The van der Waals surface area contributed by atoms with E-state index in [9.17, 15) is 9.59 Å². The molecule has 1 N–H and O–H groups in total. The monoisotopic (exact) mass is 429 g/mol. The van der Waals surface area contributed by atoms with Gasteiger partial charge in [-0.1, -0.05) is 18.2 Å². The molecule has 0 bridgehead atoms. The van der Waals surface area contributed by atoms with Crippen LogP contribution in [0, 0.1) is 20.8 Å². The number of amides is 2. The van der Waals surface area contributed by atoms with E-state index >= 15 is 0 Å². The maximum absolute atomic E-state index is 12.5. The van der Waals surface area contributed by atoms with Gasteiger partial charge in [-0.05, 0) is 71.6 Å². The Kier molecular flexibility index (Phi) is 5.85. The fourth-order valence-electron chi connectivity index (χ4n) is 3.27. The first-order valence-electron chi connectivity index (χ1n) is 9.04. The fourth-order valence-corrected chi connectivity index (χ4v) is 3.86. The lowest BCUT2D eigenvalue weighted by Gasteiger charge is -2.36.